The number of methoxy groups -OCH3 is 1. The lowest BCUT2D eigenvalue weighted by molar-refractivity contribution is -0.121. The Morgan fingerprint density at radius 2 is 2.00 bits per heavy atom. The molecule has 0 spiro atoms. The monoisotopic (exact) mass is 306 g/mol. The van der Waals surface area contributed by atoms with E-state index in [0.717, 1.165) is 24.1 Å². The van der Waals surface area contributed by atoms with E-state index in [-0.39, 0.29) is 11.8 Å². The minimum atomic E-state index is -0.0481. The first-order valence-electron chi connectivity index (χ1n) is 7.71. The predicted molar refractivity (Wildman–Crippen MR) is 88.0 cm³/mol. The minimum Gasteiger partial charge on any atom is -0.385 e. The van der Waals surface area contributed by atoms with E-state index in [2.05, 4.69) is 12.2 Å². The van der Waals surface area contributed by atoms with Crippen molar-refractivity contribution in [2.24, 2.45) is 0 Å². The second-order valence-corrected chi connectivity index (χ2v) is 5.10. The molecular formula is C17H26N2O3. The van der Waals surface area contributed by atoms with Crippen LogP contribution in [0.5, 0.6) is 0 Å². The van der Waals surface area contributed by atoms with Gasteiger partial charge in [-0.1, -0.05) is 25.1 Å². The maximum absolute atomic E-state index is 11.9. The predicted octanol–water partition coefficient (Wildman–Crippen LogP) is 2.14. The second-order valence-electron chi connectivity index (χ2n) is 5.10. The van der Waals surface area contributed by atoms with Gasteiger partial charge in [-0.2, -0.15) is 0 Å². The van der Waals surface area contributed by atoms with Gasteiger partial charge < -0.3 is 15.0 Å². The third-order valence-electron chi connectivity index (χ3n) is 3.45. The lowest BCUT2D eigenvalue weighted by atomic mass is 10.1. The number of hydrogen-bond donors (Lipinski definition) is 1. The Labute approximate surface area is 132 Å². The van der Waals surface area contributed by atoms with E-state index in [1.165, 1.54) is 6.92 Å². The van der Waals surface area contributed by atoms with E-state index < -0.39 is 0 Å². The maximum atomic E-state index is 11.9. The van der Waals surface area contributed by atoms with Gasteiger partial charge in [0, 0.05) is 45.8 Å². The first-order valence-corrected chi connectivity index (χ1v) is 7.71. The molecule has 1 aromatic carbocycles. The number of amides is 2. The van der Waals surface area contributed by atoms with Crippen LogP contribution in [0.4, 0.5) is 5.69 Å². The van der Waals surface area contributed by atoms with Gasteiger partial charge >= 0.3 is 0 Å². The number of benzene rings is 1. The number of carbonyl (C=O) groups excluding carboxylic acids is 2. The van der Waals surface area contributed by atoms with Gasteiger partial charge in [0.25, 0.3) is 0 Å². The Bertz CT molecular complexity index is 489. The molecule has 0 aliphatic heterocycles. The van der Waals surface area contributed by atoms with E-state index in [1.54, 1.807) is 12.0 Å². The smallest absolute Gasteiger partial charge is 0.223 e. The highest BCUT2D eigenvalue weighted by molar-refractivity contribution is 5.93. The Hall–Kier alpha value is -1.88. The zero-order chi connectivity index (χ0) is 16.4. The van der Waals surface area contributed by atoms with Gasteiger partial charge in [0.05, 0.1) is 0 Å². The molecule has 0 unspecified atom stereocenters. The molecule has 0 bridgehead atoms. The van der Waals surface area contributed by atoms with Crippen molar-refractivity contribution in [3.63, 3.8) is 0 Å². The highest BCUT2D eigenvalue weighted by Gasteiger charge is 2.15. The summed E-state index contributed by atoms with van der Waals surface area (Å²) in [5.74, 6) is -0.0931. The van der Waals surface area contributed by atoms with Crippen LogP contribution in [-0.2, 0) is 20.7 Å². The third-order valence-corrected chi connectivity index (χ3v) is 3.45. The molecule has 0 saturated carbocycles. The largest absolute Gasteiger partial charge is 0.385 e. The van der Waals surface area contributed by atoms with Crippen LogP contribution in [0.25, 0.3) is 0 Å². The topological polar surface area (TPSA) is 58.6 Å². The normalized spacial score (nSPS) is 10.3. The highest BCUT2D eigenvalue weighted by atomic mass is 16.5. The Morgan fingerprint density at radius 3 is 2.64 bits per heavy atom. The first kappa shape index (κ1) is 18.2. The number of anilines is 1. The van der Waals surface area contributed by atoms with E-state index in [1.807, 2.05) is 24.3 Å². The molecule has 0 aromatic heterocycles. The molecule has 0 aliphatic carbocycles. The highest BCUT2D eigenvalue weighted by Crippen LogP contribution is 2.21. The molecule has 5 heteroatoms. The molecule has 1 rings (SSSR count). The summed E-state index contributed by atoms with van der Waals surface area (Å²) in [6.07, 6.45) is 1.94. The molecule has 122 valence electrons. The number of ether oxygens (including phenoxy) is 1. The molecule has 0 aliphatic rings. The maximum Gasteiger partial charge on any atom is 0.223 e. The molecule has 22 heavy (non-hydrogen) atoms. The van der Waals surface area contributed by atoms with Gasteiger partial charge in [0.1, 0.15) is 0 Å². The van der Waals surface area contributed by atoms with Crippen molar-refractivity contribution in [3.8, 4) is 0 Å². The van der Waals surface area contributed by atoms with E-state index in [9.17, 15) is 9.59 Å². The van der Waals surface area contributed by atoms with Crippen LogP contribution >= 0.6 is 0 Å². The fourth-order valence-electron chi connectivity index (χ4n) is 2.27. The van der Waals surface area contributed by atoms with Crippen LogP contribution in [0.3, 0.4) is 0 Å². The summed E-state index contributed by atoms with van der Waals surface area (Å²) >= 11 is 0. The Morgan fingerprint density at radius 1 is 1.27 bits per heavy atom. The third kappa shape index (κ3) is 5.85. The lowest BCUT2D eigenvalue weighted by Gasteiger charge is -2.23. The van der Waals surface area contributed by atoms with Crippen molar-refractivity contribution in [2.45, 2.75) is 33.1 Å². The van der Waals surface area contributed by atoms with Crippen LogP contribution < -0.4 is 10.2 Å². The summed E-state index contributed by atoms with van der Waals surface area (Å²) in [5.41, 5.74) is 2.00. The zero-order valence-electron chi connectivity index (χ0n) is 13.7. The molecule has 0 atom stereocenters. The molecule has 1 N–H and O–H groups in total. The second kappa shape index (κ2) is 9.95. The molecule has 2 amide bonds. The Balaban J connectivity index is 2.58. The van der Waals surface area contributed by atoms with E-state index >= 15 is 0 Å². The number of nitrogens with one attached hydrogen (secondary N) is 1. The minimum absolute atomic E-state index is 0.0451. The van der Waals surface area contributed by atoms with Crippen molar-refractivity contribution in [1.29, 1.82) is 0 Å². The molecule has 5 nitrogen and oxygen atoms in total. The van der Waals surface area contributed by atoms with Crippen LogP contribution in [0.1, 0.15) is 32.3 Å². The molecule has 1 aromatic rings. The summed E-state index contributed by atoms with van der Waals surface area (Å²) < 4.78 is 4.93. The number of aryl methyl sites for hydroxylation is 1. The Kier molecular flexibility index (Phi) is 8.22. The summed E-state index contributed by atoms with van der Waals surface area (Å²) in [4.78, 5) is 25.4. The van der Waals surface area contributed by atoms with Crippen LogP contribution in [0.2, 0.25) is 0 Å². The molecule has 0 radical (unpaired) electrons. The quantitative estimate of drug-likeness (QED) is 0.711. The SMILES string of the molecule is CCc1ccccc1N(CCC(=O)NCCCOC)C(C)=O. The molecule has 0 saturated heterocycles. The van der Waals surface area contributed by atoms with Gasteiger partial charge in [-0.3, -0.25) is 9.59 Å². The standard InChI is InChI=1S/C17H26N2O3/c1-4-15-8-5-6-9-16(15)19(14(2)20)12-10-17(21)18-11-7-13-22-3/h5-6,8-9H,4,7,10-13H2,1-3H3,(H,18,21). The van der Waals surface area contributed by atoms with Crippen molar-refractivity contribution >= 4 is 17.5 Å². The molecular weight excluding hydrogens is 280 g/mol. The number of para-hydroxylation sites is 1. The van der Waals surface area contributed by atoms with Crippen LogP contribution in [0, 0.1) is 0 Å². The first-order chi connectivity index (χ1) is 10.6. The molecule has 0 heterocycles. The number of hydrogen-bond acceptors (Lipinski definition) is 3. The molecule has 0 fully saturated rings. The summed E-state index contributed by atoms with van der Waals surface area (Å²) in [5, 5.41) is 2.83. The van der Waals surface area contributed by atoms with Crippen molar-refractivity contribution < 1.29 is 14.3 Å². The number of carbonyl (C=O) groups is 2. The average Bonchev–Trinajstić information content (AvgIpc) is 2.52. The lowest BCUT2D eigenvalue weighted by Crippen LogP contribution is -2.34. The van der Waals surface area contributed by atoms with Crippen LogP contribution in [-0.4, -0.2) is 38.6 Å². The van der Waals surface area contributed by atoms with Crippen molar-refractivity contribution in [2.75, 3.05) is 31.7 Å². The summed E-state index contributed by atoms with van der Waals surface area (Å²) in [6.45, 7) is 5.20. The summed E-state index contributed by atoms with van der Waals surface area (Å²) in [6, 6.07) is 7.81. The fraction of sp³-hybridized carbons (Fsp3) is 0.529. The van der Waals surface area contributed by atoms with Gasteiger partial charge in [0.15, 0.2) is 0 Å². The van der Waals surface area contributed by atoms with Crippen LogP contribution in [0.15, 0.2) is 24.3 Å². The van der Waals surface area contributed by atoms with E-state index in [4.69, 9.17) is 4.74 Å². The van der Waals surface area contributed by atoms with Crippen molar-refractivity contribution in [3.05, 3.63) is 29.8 Å². The van der Waals surface area contributed by atoms with Gasteiger partial charge in [-0.25, -0.2) is 0 Å². The van der Waals surface area contributed by atoms with Crippen molar-refractivity contribution in [1.82, 2.24) is 5.32 Å². The van der Waals surface area contributed by atoms with E-state index in [0.29, 0.717) is 26.1 Å². The fourth-order valence-corrected chi connectivity index (χ4v) is 2.27. The van der Waals surface area contributed by atoms with Gasteiger partial charge in [0.2, 0.25) is 11.8 Å². The zero-order valence-corrected chi connectivity index (χ0v) is 13.7. The van der Waals surface area contributed by atoms with Gasteiger partial charge in [-0.15, -0.1) is 0 Å². The average molecular weight is 306 g/mol. The summed E-state index contributed by atoms with van der Waals surface area (Å²) in [7, 11) is 1.64. The van der Waals surface area contributed by atoms with Gasteiger partial charge in [-0.05, 0) is 24.5 Å². The number of nitrogens with zero attached hydrogens (tertiary/aromatic N) is 1. The number of rotatable bonds is 9.